The number of urea groups is 1. The van der Waals surface area contributed by atoms with Crippen LogP contribution in [0.25, 0.3) is 0 Å². The molecule has 0 aliphatic heterocycles. The van der Waals surface area contributed by atoms with Gasteiger partial charge in [-0.05, 0) is 6.07 Å². The van der Waals surface area contributed by atoms with Gasteiger partial charge < -0.3 is 15.0 Å². The van der Waals surface area contributed by atoms with Crippen LogP contribution in [0.3, 0.4) is 0 Å². The van der Waals surface area contributed by atoms with E-state index in [4.69, 9.17) is 4.74 Å². The molecule has 0 aromatic carbocycles. The Labute approximate surface area is 146 Å². The summed E-state index contributed by atoms with van der Waals surface area (Å²) < 4.78 is 6.96. The SMILES string of the molecule is COCC(NC(=O)N(C)Cc1csc(C(C)C)n1)c1ccnn1C. The van der Waals surface area contributed by atoms with Crippen molar-refractivity contribution < 1.29 is 9.53 Å². The molecule has 24 heavy (non-hydrogen) atoms. The Morgan fingerprint density at radius 1 is 1.50 bits per heavy atom. The molecule has 2 aromatic rings. The number of carbonyl (C=O) groups is 1. The highest BCUT2D eigenvalue weighted by molar-refractivity contribution is 7.09. The Morgan fingerprint density at radius 2 is 2.25 bits per heavy atom. The number of nitrogens with zero attached hydrogens (tertiary/aromatic N) is 4. The van der Waals surface area contributed by atoms with Gasteiger partial charge in [0.1, 0.15) is 0 Å². The number of aromatic nitrogens is 3. The summed E-state index contributed by atoms with van der Waals surface area (Å²) >= 11 is 1.63. The van der Waals surface area contributed by atoms with Crippen molar-refractivity contribution in [3.8, 4) is 0 Å². The van der Waals surface area contributed by atoms with Crippen LogP contribution in [-0.4, -0.2) is 46.5 Å². The van der Waals surface area contributed by atoms with E-state index in [1.54, 1.807) is 41.3 Å². The fraction of sp³-hybridized carbons (Fsp3) is 0.562. The Hall–Kier alpha value is -1.93. The predicted molar refractivity (Wildman–Crippen MR) is 94.0 cm³/mol. The van der Waals surface area contributed by atoms with Gasteiger partial charge in [0, 0.05) is 38.7 Å². The summed E-state index contributed by atoms with van der Waals surface area (Å²) in [5.41, 5.74) is 1.81. The maximum atomic E-state index is 12.5. The van der Waals surface area contributed by atoms with Gasteiger partial charge >= 0.3 is 6.03 Å². The van der Waals surface area contributed by atoms with Crippen molar-refractivity contribution in [3.05, 3.63) is 34.0 Å². The molecule has 0 aliphatic rings. The largest absolute Gasteiger partial charge is 0.382 e. The van der Waals surface area contributed by atoms with Gasteiger partial charge in [0.25, 0.3) is 0 Å². The number of amides is 2. The molecule has 2 aromatic heterocycles. The number of ether oxygens (including phenoxy) is 1. The van der Waals surface area contributed by atoms with Gasteiger partial charge in [0.2, 0.25) is 0 Å². The summed E-state index contributed by atoms with van der Waals surface area (Å²) in [5.74, 6) is 0.402. The first-order chi connectivity index (χ1) is 11.4. The summed E-state index contributed by atoms with van der Waals surface area (Å²) in [6.45, 7) is 5.08. The highest BCUT2D eigenvalue weighted by Gasteiger charge is 2.20. The van der Waals surface area contributed by atoms with Crippen molar-refractivity contribution in [2.24, 2.45) is 7.05 Å². The number of hydrogen-bond donors (Lipinski definition) is 1. The van der Waals surface area contributed by atoms with Gasteiger partial charge in [-0.15, -0.1) is 11.3 Å². The van der Waals surface area contributed by atoms with Crippen LogP contribution in [0.5, 0.6) is 0 Å². The molecule has 0 aliphatic carbocycles. The molecule has 2 rings (SSSR count). The van der Waals surface area contributed by atoms with Gasteiger partial charge in [-0.3, -0.25) is 4.68 Å². The zero-order valence-corrected chi connectivity index (χ0v) is 15.6. The average molecular weight is 351 g/mol. The monoisotopic (exact) mass is 351 g/mol. The zero-order chi connectivity index (χ0) is 17.7. The highest BCUT2D eigenvalue weighted by Crippen LogP contribution is 2.20. The first-order valence-electron chi connectivity index (χ1n) is 7.85. The molecule has 0 fully saturated rings. The second-order valence-electron chi connectivity index (χ2n) is 6.02. The van der Waals surface area contributed by atoms with E-state index >= 15 is 0 Å². The summed E-state index contributed by atoms with van der Waals surface area (Å²) in [6.07, 6.45) is 1.70. The lowest BCUT2D eigenvalue weighted by atomic mass is 10.2. The molecule has 7 nitrogen and oxygen atoms in total. The molecule has 0 saturated carbocycles. The van der Waals surface area contributed by atoms with E-state index < -0.39 is 0 Å². The lowest BCUT2D eigenvalue weighted by molar-refractivity contribution is 0.154. The number of nitrogens with one attached hydrogen (secondary N) is 1. The number of methoxy groups -OCH3 is 1. The molecule has 0 spiro atoms. The van der Waals surface area contributed by atoms with E-state index in [2.05, 4.69) is 29.2 Å². The molecular formula is C16H25N5O2S. The highest BCUT2D eigenvalue weighted by atomic mass is 32.1. The van der Waals surface area contributed by atoms with Gasteiger partial charge in [-0.2, -0.15) is 5.10 Å². The van der Waals surface area contributed by atoms with Crippen LogP contribution in [0.4, 0.5) is 4.79 Å². The van der Waals surface area contributed by atoms with Gasteiger partial charge in [0.05, 0.1) is 35.6 Å². The average Bonchev–Trinajstić information content (AvgIpc) is 3.15. The molecule has 132 valence electrons. The van der Waals surface area contributed by atoms with Crippen molar-refractivity contribution in [1.29, 1.82) is 0 Å². The maximum Gasteiger partial charge on any atom is 0.318 e. The molecule has 0 radical (unpaired) electrons. The minimum Gasteiger partial charge on any atom is -0.382 e. The quantitative estimate of drug-likeness (QED) is 0.832. The third-order valence-electron chi connectivity index (χ3n) is 3.66. The fourth-order valence-corrected chi connectivity index (χ4v) is 3.15. The van der Waals surface area contributed by atoms with Crippen LogP contribution in [0, 0.1) is 0 Å². The number of thiazole rings is 1. The minimum atomic E-state index is -0.251. The lowest BCUT2D eigenvalue weighted by Crippen LogP contribution is -2.41. The Morgan fingerprint density at radius 3 is 2.79 bits per heavy atom. The minimum absolute atomic E-state index is 0.169. The molecular weight excluding hydrogens is 326 g/mol. The van der Waals surface area contributed by atoms with E-state index in [0.29, 0.717) is 19.1 Å². The molecule has 0 bridgehead atoms. The van der Waals surface area contributed by atoms with E-state index in [1.165, 1.54) is 0 Å². The predicted octanol–water partition coefficient (Wildman–Crippen LogP) is 2.53. The topological polar surface area (TPSA) is 72.3 Å². The van der Waals surface area contributed by atoms with Gasteiger partial charge in [-0.1, -0.05) is 13.8 Å². The summed E-state index contributed by atoms with van der Waals surface area (Å²) in [4.78, 5) is 18.7. The normalized spacial score (nSPS) is 12.4. The second kappa shape index (κ2) is 8.25. The Balaban J connectivity index is 1.99. The lowest BCUT2D eigenvalue weighted by Gasteiger charge is -2.23. The molecule has 2 amide bonds. The van der Waals surface area contributed by atoms with Crippen LogP contribution in [0.15, 0.2) is 17.6 Å². The molecule has 2 heterocycles. The van der Waals surface area contributed by atoms with Crippen LogP contribution < -0.4 is 5.32 Å². The summed E-state index contributed by atoms with van der Waals surface area (Å²) in [5, 5.41) is 10.2. The Kier molecular flexibility index (Phi) is 6.33. The number of rotatable bonds is 7. The van der Waals surface area contributed by atoms with Crippen LogP contribution in [0.2, 0.25) is 0 Å². The standard InChI is InChI=1S/C16H25N5O2S/c1-11(2)15-18-12(10-24-15)8-20(3)16(22)19-13(9-23-5)14-6-7-17-21(14)4/h6-7,10-11,13H,8-9H2,1-5H3,(H,19,22). The zero-order valence-electron chi connectivity index (χ0n) is 14.8. The molecule has 1 unspecified atom stereocenters. The second-order valence-corrected chi connectivity index (χ2v) is 6.91. The van der Waals surface area contributed by atoms with Crippen LogP contribution in [-0.2, 0) is 18.3 Å². The first-order valence-corrected chi connectivity index (χ1v) is 8.73. The van der Waals surface area contributed by atoms with E-state index in [-0.39, 0.29) is 12.1 Å². The van der Waals surface area contributed by atoms with E-state index in [1.807, 2.05) is 18.5 Å². The molecule has 1 atom stereocenters. The summed E-state index contributed by atoms with van der Waals surface area (Å²) in [7, 11) is 5.22. The molecule has 0 saturated heterocycles. The van der Waals surface area contributed by atoms with Crippen LogP contribution >= 0.6 is 11.3 Å². The number of hydrogen-bond acceptors (Lipinski definition) is 5. The van der Waals surface area contributed by atoms with Gasteiger partial charge in [0.15, 0.2) is 0 Å². The van der Waals surface area contributed by atoms with Crippen molar-refractivity contribution in [3.63, 3.8) is 0 Å². The van der Waals surface area contributed by atoms with Crippen molar-refractivity contribution in [2.45, 2.75) is 32.4 Å². The Bertz CT molecular complexity index is 667. The molecule has 8 heteroatoms. The third-order valence-corrected chi connectivity index (χ3v) is 4.85. The third kappa shape index (κ3) is 4.55. The van der Waals surface area contributed by atoms with Crippen LogP contribution in [0.1, 0.15) is 42.2 Å². The van der Waals surface area contributed by atoms with Gasteiger partial charge in [-0.25, -0.2) is 9.78 Å². The molecule has 1 N–H and O–H groups in total. The number of carbonyl (C=O) groups excluding carboxylic acids is 1. The van der Waals surface area contributed by atoms with Crippen molar-refractivity contribution in [2.75, 3.05) is 20.8 Å². The van der Waals surface area contributed by atoms with E-state index in [0.717, 1.165) is 16.4 Å². The number of aryl methyl sites for hydroxylation is 1. The summed E-state index contributed by atoms with van der Waals surface area (Å²) in [6, 6.07) is 1.45. The van der Waals surface area contributed by atoms with Crippen molar-refractivity contribution >= 4 is 17.4 Å². The van der Waals surface area contributed by atoms with E-state index in [9.17, 15) is 4.79 Å². The maximum absolute atomic E-state index is 12.5. The van der Waals surface area contributed by atoms with Crippen molar-refractivity contribution in [1.82, 2.24) is 25.0 Å². The smallest absolute Gasteiger partial charge is 0.318 e. The fourth-order valence-electron chi connectivity index (χ4n) is 2.33. The first kappa shape index (κ1) is 18.4.